The van der Waals surface area contributed by atoms with E-state index < -0.39 is 67.1 Å². The Morgan fingerprint density at radius 2 is 1.24 bits per heavy atom. The Kier molecular flexibility index (Phi) is 24.9. The molecule has 5 fully saturated rings. The van der Waals surface area contributed by atoms with E-state index in [-0.39, 0.29) is 49.3 Å². The molecule has 0 radical (unpaired) electrons. The number of cyclic esters (lactones) is 1. The van der Waals surface area contributed by atoms with E-state index in [4.69, 9.17) is 14.2 Å². The number of hydrogen-bond acceptors (Lipinski definition) is 10. The zero-order valence-electron chi connectivity index (χ0n) is 47.2. The van der Waals surface area contributed by atoms with Crippen molar-refractivity contribution in [1.29, 1.82) is 0 Å². The van der Waals surface area contributed by atoms with Gasteiger partial charge in [0.05, 0.1) is 52.9 Å². The number of likely N-dealkylation sites (N-methyl/N-ethyl adjacent to an activating group) is 1. The average molecular weight is 1020 g/mol. The first-order chi connectivity index (χ1) is 33.7. The van der Waals surface area contributed by atoms with Crippen LogP contribution >= 0.6 is 7.26 Å². The van der Waals surface area contributed by atoms with Gasteiger partial charge in [-0.25, -0.2) is 0 Å². The summed E-state index contributed by atoms with van der Waals surface area (Å²) in [6.07, 6.45) is 31.3. The highest BCUT2D eigenvalue weighted by Crippen LogP contribution is 2.77. The Bertz CT molecular complexity index is 1500. The molecule has 5 aliphatic rings. The fourth-order valence-electron chi connectivity index (χ4n) is 15.1. The van der Waals surface area contributed by atoms with Crippen LogP contribution in [-0.2, 0) is 23.8 Å². The van der Waals surface area contributed by atoms with Crippen molar-refractivity contribution in [2.24, 2.45) is 17.8 Å². The zero-order valence-corrected chi connectivity index (χ0v) is 48.1. The Labute approximate surface area is 434 Å². The van der Waals surface area contributed by atoms with E-state index in [0.717, 1.165) is 36.2 Å². The first-order valence-electron chi connectivity index (χ1n) is 29.9. The molecule has 2 aliphatic heterocycles. The number of unbranched alkanes of at least 4 members (excludes halogenated alkanes) is 8. The molecule has 3 saturated carbocycles. The highest BCUT2D eigenvalue weighted by Gasteiger charge is 2.56. The fourth-order valence-corrected chi connectivity index (χ4v) is 22.7. The van der Waals surface area contributed by atoms with Gasteiger partial charge in [-0.15, -0.1) is 0 Å². The number of rotatable bonds is 19. The minimum Gasteiger partial charge on any atom is -0.459 e. The molecule has 11 nitrogen and oxygen atoms in total. The second-order valence-electron chi connectivity index (χ2n) is 25.2. The van der Waals surface area contributed by atoms with Gasteiger partial charge in [0, 0.05) is 26.3 Å². The van der Waals surface area contributed by atoms with Gasteiger partial charge in [-0.2, -0.15) is 0 Å². The maximum atomic E-state index is 14.4. The highest BCUT2D eigenvalue weighted by atomic mass is 31.2. The summed E-state index contributed by atoms with van der Waals surface area (Å²) in [6, 6.07) is -1.01. The molecule has 5 rings (SSSR count). The van der Waals surface area contributed by atoms with Crippen molar-refractivity contribution in [3.05, 3.63) is 0 Å². The molecule has 0 aromatic rings. The van der Waals surface area contributed by atoms with Crippen molar-refractivity contribution in [3.63, 3.8) is 0 Å². The van der Waals surface area contributed by atoms with E-state index in [2.05, 4.69) is 0 Å². The molecular formula is C59H110N2O9P+. The van der Waals surface area contributed by atoms with Crippen molar-refractivity contribution in [3.8, 4) is 0 Å². The first-order valence-corrected chi connectivity index (χ1v) is 32.1. The third-order valence-corrected chi connectivity index (χ3v) is 25.7. The average Bonchev–Trinajstić information content (AvgIpc) is 3.34. The van der Waals surface area contributed by atoms with Gasteiger partial charge >= 0.3 is 5.97 Å². The van der Waals surface area contributed by atoms with Crippen LogP contribution in [0.15, 0.2) is 0 Å². The molecule has 1 amide bonds. The van der Waals surface area contributed by atoms with Crippen LogP contribution in [0.1, 0.15) is 242 Å². The summed E-state index contributed by atoms with van der Waals surface area (Å²) in [7, 11) is 2.85. The molecular weight excluding hydrogens is 912 g/mol. The van der Waals surface area contributed by atoms with Gasteiger partial charge in [-0.3, -0.25) is 9.59 Å². The molecule has 0 aromatic carbocycles. The summed E-state index contributed by atoms with van der Waals surface area (Å²) in [6.45, 7) is 14.7. The number of amides is 1. The van der Waals surface area contributed by atoms with Gasteiger partial charge in [-0.05, 0) is 176 Å². The number of carbonyl (C=O) groups excluding carboxylic acids is 2. The van der Waals surface area contributed by atoms with Crippen molar-refractivity contribution in [2.45, 2.75) is 319 Å². The SMILES string of the molecule is CC[C@H]1OC(=O)[C@H](C)C[C@H](C)[C@@H](O[C@@H]2O[C@H](C)C[C@H](N(C)C)[C@H]2O)[C@](C)(O)C[C@@H](C)CN(C(=O)CCCCCCCCCCC[P+](C2CCCCC2)(C2CCCCC2)C2CCCCC2)[C@H](C)[C@@H](O)[C@]1(C)O. The monoisotopic (exact) mass is 1020 g/mol. The third kappa shape index (κ3) is 16.5. The van der Waals surface area contributed by atoms with Crippen molar-refractivity contribution >= 4 is 19.1 Å². The molecule has 0 unspecified atom stereocenters. The maximum absolute atomic E-state index is 14.4. The summed E-state index contributed by atoms with van der Waals surface area (Å²) in [5.74, 6) is -1.88. The molecule has 13 atom stereocenters. The van der Waals surface area contributed by atoms with E-state index in [1.165, 1.54) is 103 Å². The number of nitrogens with zero attached hydrogens (tertiary/aromatic N) is 2. The largest absolute Gasteiger partial charge is 0.459 e. The molecule has 2 heterocycles. The zero-order chi connectivity index (χ0) is 51.9. The standard InChI is InChI=1S/C59H110N2O9P/c1-11-51-59(8,67)54(64)46(6)61(41-42(2)40-58(7,66)55(43(3)38-44(4)56(65)69-51)70-57-53(63)50(60(9)10)39-45(5)68-57)52(62)36-28-17-15-13-12-14-16-18-29-37-71(47-30-22-19-23-31-47,48-32-24-20-25-33-48)49-34-26-21-27-35-49/h42-51,53-55,57,63-64,66-67H,11-41H2,1-10H3/q+1/t42-,43+,44-,45-,46-,50+,51-,53-,54-,55-,57+,58-,59-/m1/s1. The number of esters is 1. The molecule has 4 N–H and O–H groups in total. The lowest BCUT2D eigenvalue weighted by Gasteiger charge is -2.49. The lowest BCUT2D eigenvalue weighted by atomic mass is 9.79. The number of hydrogen-bond donors (Lipinski definition) is 4. The number of ether oxygens (including phenoxy) is 3. The van der Waals surface area contributed by atoms with Gasteiger partial charge in [0.1, 0.15) is 23.9 Å². The van der Waals surface area contributed by atoms with Gasteiger partial charge in [0.25, 0.3) is 0 Å². The molecule has 2 saturated heterocycles. The summed E-state index contributed by atoms with van der Waals surface area (Å²) >= 11 is 0. The highest BCUT2D eigenvalue weighted by molar-refractivity contribution is 7.77. The third-order valence-electron chi connectivity index (χ3n) is 18.9. The molecule has 0 bridgehead atoms. The fraction of sp³-hybridized carbons (Fsp3) is 0.966. The van der Waals surface area contributed by atoms with E-state index in [0.29, 0.717) is 19.3 Å². The van der Waals surface area contributed by atoms with Gasteiger partial charge in [0.2, 0.25) is 5.91 Å². The minimum atomic E-state index is -1.84. The van der Waals surface area contributed by atoms with Crippen LogP contribution in [-0.4, -0.2) is 146 Å². The van der Waals surface area contributed by atoms with Crippen LogP contribution in [0.2, 0.25) is 0 Å². The molecule has 0 spiro atoms. The quantitative estimate of drug-likeness (QED) is 0.0560. The molecule has 414 valence electrons. The van der Waals surface area contributed by atoms with Gasteiger partial charge in [-0.1, -0.05) is 85.5 Å². The van der Waals surface area contributed by atoms with Crippen LogP contribution in [0.5, 0.6) is 0 Å². The lowest BCUT2D eigenvalue weighted by molar-refractivity contribution is -0.295. The van der Waals surface area contributed by atoms with E-state index in [1.54, 1.807) is 70.4 Å². The second kappa shape index (κ2) is 29.0. The summed E-state index contributed by atoms with van der Waals surface area (Å²) in [5.41, 5.74) is -0.0543. The Balaban J connectivity index is 1.18. The molecule has 0 aromatic heterocycles. The maximum Gasteiger partial charge on any atom is 0.309 e. The summed E-state index contributed by atoms with van der Waals surface area (Å²) in [5, 5.41) is 47.8. The normalized spacial score (nSPS) is 36.6. The Morgan fingerprint density at radius 1 is 0.746 bits per heavy atom. The summed E-state index contributed by atoms with van der Waals surface area (Å²) in [4.78, 5) is 31.8. The van der Waals surface area contributed by atoms with Crippen LogP contribution < -0.4 is 0 Å². The Morgan fingerprint density at radius 3 is 1.73 bits per heavy atom. The minimum absolute atomic E-state index is 0.0981. The van der Waals surface area contributed by atoms with E-state index in [1.807, 2.05) is 46.7 Å². The van der Waals surface area contributed by atoms with Crippen LogP contribution in [0.25, 0.3) is 0 Å². The van der Waals surface area contributed by atoms with Gasteiger partial charge < -0.3 is 44.4 Å². The topological polar surface area (TPSA) is 149 Å². The molecule has 3 aliphatic carbocycles. The van der Waals surface area contributed by atoms with Gasteiger partial charge in [0.15, 0.2) is 6.29 Å². The predicted octanol–water partition coefficient (Wildman–Crippen LogP) is 11.8. The van der Waals surface area contributed by atoms with Crippen molar-refractivity contribution in [2.75, 3.05) is 26.8 Å². The Hall–Kier alpha value is -0.910. The van der Waals surface area contributed by atoms with Crippen LogP contribution in [0.3, 0.4) is 0 Å². The van der Waals surface area contributed by atoms with E-state index >= 15 is 0 Å². The molecule has 12 heteroatoms. The number of aliphatic hydroxyl groups is 4. The number of carbonyl (C=O) groups is 2. The van der Waals surface area contributed by atoms with E-state index in [9.17, 15) is 30.0 Å². The van der Waals surface area contributed by atoms with Crippen LogP contribution in [0.4, 0.5) is 0 Å². The van der Waals surface area contributed by atoms with Crippen molar-refractivity contribution in [1.82, 2.24) is 9.80 Å². The lowest BCUT2D eigenvalue weighted by Crippen LogP contribution is -2.60. The predicted molar refractivity (Wildman–Crippen MR) is 291 cm³/mol. The number of aliphatic hydroxyl groups excluding tert-OH is 2. The first kappa shape index (κ1) is 60.9. The molecule has 71 heavy (non-hydrogen) atoms. The summed E-state index contributed by atoms with van der Waals surface area (Å²) < 4.78 is 18.8. The van der Waals surface area contributed by atoms with Crippen LogP contribution in [0, 0.1) is 17.8 Å². The second-order valence-corrected chi connectivity index (χ2v) is 29.9. The smallest absolute Gasteiger partial charge is 0.309 e. The van der Waals surface area contributed by atoms with Crippen molar-refractivity contribution < 1.29 is 44.2 Å².